The molecule has 0 bridgehead atoms. The fourth-order valence-corrected chi connectivity index (χ4v) is 32.2. The molecule has 0 aromatic heterocycles. The molecule has 0 heterocycles. The molecule has 8 aromatic carbocycles. The van der Waals surface area contributed by atoms with E-state index in [1.807, 2.05) is 0 Å². The van der Waals surface area contributed by atoms with E-state index in [0.29, 0.717) is 0 Å². The Morgan fingerprint density at radius 2 is 0.317 bits per heavy atom. The van der Waals surface area contributed by atoms with Gasteiger partial charge in [-0.15, -0.1) is 0 Å². The molecule has 0 aliphatic rings. The van der Waals surface area contributed by atoms with E-state index in [1.165, 1.54) is 42.4 Å². The molecule has 8 rings (SSSR count). The van der Waals surface area contributed by atoms with Crippen molar-refractivity contribution in [3.63, 3.8) is 0 Å². The van der Waals surface area contributed by atoms with Crippen LogP contribution in [0.15, 0.2) is 230 Å². The van der Waals surface area contributed by atoms with Gasteiger partial charge < -0.3 is 0 Å². The molecule has 0 aliphatic heterocycles. The van der Waals surface area contributed by atoms with Gasteiger partial charge in [-0.05, 0) is 0 Å². The van der Waals surface area contributed by atoms with Gasteiger partial charge in [0, 0.05) is 0 Å². The third kappa shape index (κ3) is 6.92. The molecule has 0 amide bonds. The Labute approximate surface area is 420 Å². The molecule has 0 N–H and O–H groups in total. The molecule has 0 aliphatic carbocycles. The Morgan fingerprint density at radius 3 is 0.417 bits per heavy atom. The van der Waals surface area contributed by atoms with Crippen LogP contribution < -0.4 is 42.4 Å². The molecule has 60 heavy (non-hydrogen) atoms. The van der Waals surface area contributed by atoms with E-state index in [1.54, 1.807) is 0 Å². The third-order valence-electron chi connectivity index (χ3n) is 12.4. The van der Waals surface area contributed by atoms with Crippen LogP contribution in [-0.2, 0) is 0 Å². The van der Waals surface area contributed by atoms with E-state index in [4.69, 9.17) is 0 Å². The van der Waals surface area contributed by atoms with Gasteiger partial charge in [0.2, 0.25) is 0 Å². The minimum absolute atomic E-state index is 0.184. The minimum atomic E-state index is -4.19. The maximum absolute atomic E-state index is 4.19. The van der Waals surface area contributed by atoms with Crippen LogP contribution in [0.3, 0.4) is 0 Å². The molecule has 0 saturated heterocycles. The molecule has 0 atom stereocenters. The molecular weight excluding hydrogens is 1300 g/mol. The summed E-state index contributed by atoms with van der Waals surface area (Å²) in [5.74, 6) is 0. The Balaban J connectivity index is 1.82. The van der Waals surface area contributed by atoms with Crippen molar-refractivity contribution >= 4 is 183 Å². The predicted molar refractivity (Wildman–Crippen MR) is 294 cm³/mol. The molecule has 0 nitrogen and oxygen atoms in total. The van der Waals surface area contributed by atoms with Gasteiger partial charge in [-0.25, -0.2) is 0 Å². The van der Waals surface area contributed by atoms with Crippen molar-refractivity contribution in [1.82, 2.24) is 0 Å². The Hall–Kier alpha value is -1.54. The topological polar surface area (TPSA) is 0 Å². The summed E-state index contributed by atoms with van der Waals surface area (Å²) in [6, 6.07) is 73.9. The first-order valence-corrected chi connectivity index (χ1v) is 29.9. The van der Waals surface area contributed by atoms with Gasteiger partial charge in [0.05, 0.1) is 0 Å². The van der Waals surface area contributed by atoms with Gasteiger partial charge in [0.25, 0.3) is 0 Å². The number of halogens is 8. The van der Waals surface area contributed by atoms with Crippen LogP contribution in [0.2, 0.25) is 0 Å². The van der Waals surface area contributed by atoms with E-state index in [-0.39, 0.29) is 5.40 Å². The quantitative estimate of drug-likeness (QED) is 0.120. The number of benzene rings is 8. The first kappa shape index (κ1) is 45.0. The molecule has 0 unspecified atom stereocenters. The van der Waals surface area contributed by atoms with Gasteiger partial charge in [-0.3, -0.25) is 0 Å². The molecule has 0 fully saturated rings. The normalized spacial score (nSPS) is 13.8. The van der Waals surface area contributed by atoms with Crippen LogP contribution in [0.25, 0.3) is 0 Å². The average Bonchev–Trinajstić information content (AvgIpc) is 3.26. The second-order valence-electron chi connectivity index (χ2n) is 14.8. The van der Waals surface area contributed by atoms with Crippen LogP contribution in [-0.4, -0.2) is 5.40 Å². The first-order valence-electron chi connectivity index (χ1n) is 19.0. The van der Waals surface area contributed by atoms with Gasteiger partial charge in [0.15, 0.2) is 0 Å². The predicted octanol–water partition coefficient (Wildman–Crippen LogP) is 15.1. The van der Waals surface area contributed by atoms with E-state index >= 15 is 0 Å². The van der Waals surface area contributed by atoms with Crippen molar-refractivity contribution in [1.29, 1.82) is 0 Å². The number of rotatable bonds is 10. The maximum atomic E-state index is 3.87. The molecule has 8 aromatic rings. The monoisotopic (exact) mass is 1330 g/mol. The fourth-order valence-electron chi connectivity index (χ4n) is 9.98. The molecule has 0 saturated carbocycles. The van der Waals surface area contributed by atoms with E-state index in [2.05, 4.69) is 328 Å². The summed E-state index contributed by atoms with van der Waals surface area (Å²) in [7, 11) is 0. The fraction of sp³-hybridized carbons (Fsp3) is 0.0400. The summed E-state index contributed by atoms with van der Waals surface area (Å²) in [6.45, 7) is -5.78. The van der Waals surface area contributed by atoms with Crippen LogP contribution in [0.1, 0.15) is 6.92 Å². The first-order chi connectivity index (χ1) is 28.8. The van der Waals surface area contributed by atoms with Crippen molar-refractivity contribution in [2.45, 2.75) is 12.3 Å². The molecular formula is C50H36Br8P2. The molecule has 10 heteroatoms. The number of hydrogen-bond donors (Lipinski definition) is 0. The summed E-state index contributed by atoms with van der Waals surface area (Å²) < 4.78 is 8.20. The van der Waals surface area contributed by atoms with Crippen molar-refractivity contribution in [2.75, 3.05) is 0 Å². The van der Waals surface area contributed by atoms with Crippen molar-refractivity contribution in [2.24, 2.45) is 0 Å². The second-order valence-corrected chi connectivity index (χ2v) is 33.0. The van der Waals surface area contributed by atoms with Crippen LogP contribution >= 0.6 is 141 Å². The molecule has 302 valence electrons. The van der Waals surface area contributed by atoms with Crippen LogP contribution in [0.4, 0.5) is 0 Å². The summed E-state index contributed by atoms with van der Waals surface area (Å²) in [4.78, 5) is 0. The van der Waals surface area contributed by atoms with Gasteiger partial charge in [-0.1, -0.05) is 0 Å². The summed E-state index contributed by atoms with van der Waals surface area (Å²) in [5, 5.41) is 9.94. The van der Waals surface area contributed by atoms with E-state index in [0.717, 1.165) is 35.8 Å². The number of hydrogen-bond acceptors (Lipinski definition) is 0. The summed E-state index contributed by atoms with van der Waals surface area (Å²) in [5.41, 5.74) is 0. The summed E-state index contributed by atoms with van der Waals surface area (Å²) in [6.07, 6.45) is 0. The average molecular weight is 1340 g/mol. The Morgan fingerprint density at radius 1 is 0.217 bits per heavy atom. The zero-order chi connectivity index (χ0) is 42.3. The van der Waals surface area contributed by atoms with Gasteiger partial charge in [-0.2, -0.15) is 0 Å². The van der Waals surface area contributed by atoms with E-state index < -0.39 is 13.2 Å². The van der Waals surface area contributed by atoms with Gasteiger partial charge in [0.1, 0.15) is 0 Å². The standard InChI is InChI=1S/C50H36Br8P2/c1-34(59(43-18-2-35(51)3-19-43,44-20-4-36(52)5-21-44,45-22-6-37(53)7-23-45)46-24-8-38(54)9-25-46)60(47-26-10-39(55)11-27-47,48-28-12-40(56)13-29-48,49-30-14-41(57)15-31-49)50-32-16-42(58)17-33-50/h2-34H,1H3. The third-order valence-corrected chi connectivity index (χ3v) is 33.4. The molecule has 0 radical (unpaired) electrons. The SMILES string of the molecule is CC(P(c1ccc(Br)cc1)(c1ccc(Br)cc1)(c1ccc(Br)cc1)c1ccc(Br)cc1)P(c1ccc(Br)cc1)(c1ccc(Br)cc1)(c1ccc(Br)cc1)c1ccc(Br)cc1. The van der Waals surface area contributed by atoms with Crippen molar-refractivity contribution in [3.05, 3.63) is 230 Å². The molecule has 0 spiro atoms. The van der Waals surface area contributed by atoms with Gasteiger partial charge >= 0.3 is 425 Å². The second kappa shape index (κ2) is 17.8. The zero-order valence-corrected chi connectivity index (χ0v) is 46.4. The zero-order valence-electron chi connectivity index (χ0n) is 32.0. The van der Waals surface area contributed by atoms with E-state index in [9.17, 15) is 0 Å². The van der Waals surface area contributed by atoms with Crippen molar-refractivity contribution in [3.8, 4) is 0 Å². The van der Waals surface area contributed by atoms with Crippen LogP contribution in [0, 0.1) is 0 Å². The van der Waals surface area contributed by atoms with Crippen molar-refractivity contribution < 1.29 is 0 Å². The Kier molecular flexibility index (Phi) is 13.4. The van der Waals surface area contributed by atoms with Crippen LogP contribution in [0.5, 0.6) is 0 Å². The summed E-state index contributed by atoms with van der Waals surface area (Å²) >= 11 is 31.0. The Bertz CT molecular complexity index is 2190.